The Morgan fingerprint density at radius 3 is 2.64 bits per heavy atom. The summed E-state index contributed by atoms with van der Waals surface area (Å²) in [5.74, 6) is 2.34. The number of hydrogen-bond acceptors (Lipinski definition) is 4. The zero-order chi connectivity index (χ0) is 19.3. The van der Waals surface area contributed by atoms with Crippen molar-refractivity contribution in [2.45, 2.75) is 6.92 Å². The number of nitrogens with zero attached hydrogens (tertiary/aromatic N) is 2. The molecule has 0 spiro atoms. The number of fused-ring (bicyclic) bond motifs is 1. The zero-order valence-corrected chi connectivity index (χ0v) is 17.0. The molecule has 0 atom stereocenters. The molecule has 0 saturated carbocycles. The largest absolute Gasteiger partial charge is 0.351 e. The van der Waals surface area contributed by atoms with Gasteiger partial charge >= 0.3 is 0 Å². The molecule has 1 fully saturated rings. The number of amides is 1. The van der Waals surface area contributed by atoms with Gasteiger partial charge in [0, 0.05) is 48.6 Å². The molecular formula is C23H25N3OS. The minimum absolute atomic E-state index is 0.0293. The summed E-state index contributed by atoms with van der Waals surface area (Å²) in [6.45, 7) is 5.85. The van der Waals surface area contributed by atoms with Gasteiger partial charge < -0.3 is 5.32 Å². The summed E-state index contributed by atoms with van der Waals surface area (Å²) in [5, 5.41) is 4.00. The second-order valence-electron chi connectivity index (χ2n) is 7.15. The highest BCUT2D eigenvalue weighted by atomic mass is 32.2. The third kappa shape index (κ3) is 4.37. The lowest BCUT2D eigenvalue weighted by Gasteiger charge is -2.26. The Morgan fingerprint density at radius 1 is 1.11 bits per heavy atom. The predicted octanol–water partition coefficient (Wildman–Crippen LogP) is 3.99. The van der Waals surface area contributed by atoms with Gasteiger partial charge in [0.15, 0.2) is 0 Å². The first-order valence-electron chi connectivity index (χ1n) is 9.76. The second kappa shape index (κ2) is 8.76. The number of pyridine rings is 1. The molecule has 28 heavy (non-hydrogen) atoms. The zero-order valence-electron chi connectivity index (χ0n) is 16.1. The van der Waals surface area contributed by atoms with Crippen molar-refractivity contribution in [3.05, 3.63) is 65.7 Å². The van der Waals surface area contributed by atoms with Crippen molar-refractivity contribution in [1.29, 1.82) is 0 Å². The van der Waals surface area contributed by atoms with Crippen LogP contribution in [-0.2, 0) is 0 Å². The van der Waals surface area contributed by atoms with Crippen LogP contribution < -0.4 is 5.32 Å². The topological polar surface area (TPSA) is 45.2 Å². The predicted molar refractivity (Wildman–Crippen MR) is 118 cm³/mol. The molecule has 1 amide bonds. The molecule has 1 aliphatic heterocycles. The van der Waals surface area contributed by atoms with E-state index in [2.05, 4.69) is 41.4 Å². The van der Waals surface area contributed by atoms with Crippen LogP contribution in [0.15, 0.2) is 54.6 Å². The molecule has 4 nitrogen and oxygen atoms in total. The van der Waals surface area contributed by atoms with Crippen LogP contribution in [0.5, 0.6) is 0 Å². The van der Waals surface area contributed by atoms with E-state index in [0.717, 1.165) is 41.8 Å². The van der Waals surface area contributed by atoms with Crippen LogP contribution in [0.1, 0.15) is 15.9 Å². The number of aryl methyl sites for hydroxylation is 1. The molecule has 0 bridgehead atoms. The Kier molecular flexibility index (Phi) is 5.93. The summed E-state index contributed by atoms with van der Waals surface area (Å²) >= 11 is 2.00. The Hall–Kier alpha value is -2.37. The first-order valence-corrected chi connectivity index (χ1v) is 10.9. The van der Waals surface area contributed by atoms with Crippen molar-refractivity contribution < 1.29 is 4.79 Å². The molecule has 4 rings (SSSR count). The Labute approximate surface area is 170 Å². The second-order valence-corrected chi connectivity index (χ2v) is 8.37. The lowest BCUT2D eigenvalue weighted by molar-refractivity contribution is 0.0950. The fourth-order valence-electron chi connectivity index (χ4n) is 3.48. The van der Waals surface area contributed by atoms with Crippen LogP contribution in [-0.4, -0.2) is 53.5 Å². The summed E-state index contributed by atoms with van der Waals surface area (Å²) in [6, 6.07) is 18.0. The smallest absolute Gasteiger partial charge is 0.252 e. The number of aromatic nitrogens is 1. The third-order valence-electron chi connectivity index (χ3n) is 5.13. The van der Waals surface area contributed by atoms with Gasteiger partial charge in [-0.05, 0) is 19.1 Å². The van der Waals surface area contributed by atoms with Crippen LogP contribution in [0.4, 0.5) is 0 Å². The molecule has 0 unspecified atom stereocenters. The minimum Gasteiger partial charge on any atom is -0.351 e. The van der Waals surface area contributed by atoms with Gasteiger partial charge in [0.05, 0.1) is 16.8 Å². The van der Waals surface area contributed by atoms with E-state index in [4.69, 9.17) is 4.98 Å². The van der Waals surface area contributed by atoms with Crippen LogP contribution in [0, 0.1) is 6.92 Å². The van der Waals surface area contributed by atoms with Crippen molar-refractivity contribution in [3.63, 3.8) is 0 Å². The molecule has 1 N–H and O–H groups in total. The summed E-state index contributed by atoms with van der Waals surface area (Å²) in [7, 11) is 0. The molecule has 2 heterocycles. The summed E-state index contributed by atoms with van der Waals surface area (Å²) < 4.78 is 0. The average Bonchev–Trinajstić information content (AvgIpc) is 2.74. The van der Waals surface area contributed by atoms with Crippen LogP contribution in [0.25, 0.3) is 22.2 Å². The van der Waals surface area contributed by atoms with E-state index in [1.54, 1.807) is 0 Å². The molecule has 2 aromatic carbocycles. The van der Waals surface area contributed by atoms with Gasteiger partial charge in [0.2, 0.25) is 0 Å². The Balaban J connectivity index is 1.57. The number of para-hydroxylation sites is 1. The summed E-state index contributed by atoms with van der Waals surface area (Å²) in [6.07, 6.45) is 0. The standard InChI is InChI=1S/C23H25N3OS/c1-17-6-8-18(9-7-17)22-16-20(19-4-2-3-5-21(19)25-22)23(27)24-10-11-26-12-14-28-15-13-26/h2-9,16H,10-15H2,1H3,(H,24,27). The van der Waals surface area contributed by atoms with Gasteiger partial charge in [-0.25, -0.2) is 4.98 Å². The molecular weight excluding hydrogens is 366 g/mol. The summed E-state index contributed by atoms with van der Waals surface area (Å²) in [4.78, 5) is 20.2. The monoisotopic (exact) mass is 391 g/mol. The molecule has 1 aliphatic rings. The maximum Gasteiger partial charge on any atom is 0.252 e. The maximum atomic E-state index is 13.0. The number of benzene rings is 2. The van der Waals surface area contributed by atoms with E-state index in [-0.39, 0.29) is 5.91 Å². The lowest BCUT2D eigenvalue weighted by Crippen LogP contribution is -2.39. The molecule has 5 heteroatoms. The van der Waals surface area contributed by atoms with E-state index in [1.165, 1.54) is 17.1 Å². The van der Waals surface area contributed by atoms with E-state index in [1.807, 2.05) is 42.1 Å². The molecule has 0 radical (unpaired) electrons. The quantitative estimate of drug-likeness (QED) is 0.714. The van der Waals surface area contributed by atoms with Crippen molar-refractivity contribution in [1.82, 2.24) is 15.2 Å². The third-order valence-corrected chi connectivity index (χ3v) is 6.07. The molecule has 1 saturated heterocycles. The minimum atomic E-state index is -0.0293. The highest BCUT2D eigenvalue weighted by Crippen LogP contribution is 2.25. The van der Waals surface area contributed by atoms with Crippen molar-refractivity contribution in [2.24, 2.45) is 0 Å². The lowest BCUT2D eigenvalue weighted by atomic mass is 10.0. The number of hydrogen-bond donors (Lipinski definition) is 1. The molecule has 3 aromatic rings. The van der Waals surface area contributed by atoms with E-state index in [9.17, 15) is 4.79 Å². The summed E-state index contributed by atoms with van der Waals surface area (Å²) in [5.41, 5.74) is 4.60. The fraction of sp³-hybridized carbons (Fsp3) is 0.304. The van der Waals surface area contributed by atoms with Gasteiger partial charge in [-0.1, -0.05) is 48.0 Å². The number of nitrogens with one attached hydrogen (secondary N) is 1. The number of carbonyl (C=O) groups excluding carboxylic acids is 1. The van der Waals surface area contributed by atoms with Gasteiger partial charge in [-0.2, -0.15) is 11.8 Å². The van der Waals surface area contributed by atoms with E-state index >= 15 is 0 Å². The van der Waals surface area contributed by atoms with Crippen molar-refractivity contribution in [3.8, 4) is 11.3 Å². The number of rotatable bonds is 5. The van der Waals surface area contributed by atoms with Crippen LogP contribution >= 0.6 is 11.8 Å². The highest BCUT2D eigenvalue weighted by Gasteiger charge is 2.15. The van der Waals surface area contributed by atoms with E-state index in [0.29, 0.717) is 12.1 Å². The normalized spacial score (nSPS) is 14.9. The fourth-order valence-corrected chi connectivity index (χ4v) is 4.46. The van der Waals surface area contributed by atoms with Crippen molar-refractivity contribution in [2.75, 3.05) is 37.7 Å². The average molecular weight is 392 g/mol. The SMILES string of the molecule is Cc1ccc(-c2cc(C(=O)NCCN3CCSCC3)c3ccccc3n2)cc1. The van der Waals surface area contributed by atoms with Crippen LogP contribution in [0.3, 0.4) is 0 Å². The number of thioether (sulfide) groups is 1. The van der Waals surface area contributed by atoms with Gasteiger partial charge in [-0.15, -0.1) is 0 Å². The molecule has 144 valence electrons. The van der Waals surface area contributed by atoms with Crippen LogP contribution in [0.2, 0.25) is 0 Å². The van der Waals surface area contributed by atoms with E-state index < -0.39 is 0 Å². The first-order chi connectivity index (χ1) is 13.7. The van der Waals surface area contributed by atoms with Gasteiger partial charge in [0.25, 0.3) is 5.91 Å². The van der Waals surface area contributed by atoms with Crippen molar-refractivity contribution >= 4 is 28.6 Å². The first kappa shape index (κ1) is 19.0. The molecule has 1 aromatic heterocycles. The molecule has 0 aliphatic carbocycles. The number of carbonyl (C=O) groups is 1. The van der Waals surface area contributed by atoms with Gasteiger partial charge in [0.1, 0.15) is 0 Å². The van der Waals surface area contributed by atoms with Gasteiger partial charge in [-0.3, -0.25) is 9.69 Å². The maximum absolute atomic E-state index is 13.0. The Morgan fingerprint density at radius 2 is 1.86 bits per heavy atom. The highest BCUT2D eigenvalue weighted by molar-refractivity contribution is 7.99. The Bertz CT molecular complexity index is 965.